The maximum atomic E-state index is 13.0. The molecule has 0 aromatic heterocycles. The van der Waals surface area contributed by atoms with E-state index in [1.807, 2.05) is 6.92 Å². The molecule has 0 N–H and O–H groups in total. The SMILES string of the molecule is CCC1CC(=O)C(C=Nc2cc(F)cc(F)c2)C(=O)C1. The first-order chi connectivity index (χ1) is 9.49. The Balaban J connectivity index is 2.14. The van der Waals surface area contributed by atoms with Crippen LogP contribution in [0.15, 0.2) is 23.2 Å². The number of benzene rings is 1. The molecule has 0 unspecified atom stereocenters. The highest BCUT2D eigenvalue weighted by Crippen LogP contribution is 2.25. The first kappa shape index (κ1) is 14.5. The average molecular weight is 279 g/mol. The number of hydrogen-bond donors (Lipinski definition) is 0. The zero-order chi connectivity index (χ0) is 14.7. The van der Waals surface area contributed by atoms with Gasteiger partial charge in [0.25, 0.3) is 0 Å². The van der Waals surface area contributed by atoms with E-state index in [-0.39, 0.29) is 23.2 Å². The van der Waals surface area contributed by atoms with Crippen molar-refractivity contribution in [3.8, 4) is 0 Å². The van der Waals surface area contributed by atoms with E-state index in [4.69, 9.17) is 0 Å². The highest BCUT2D eigenvalue weighted by molar-refractivity contribution is 6.16. The lowest BCUT2D eigenvalue weighted by Crippen LogP contribution is -2.34. The van der Waals surface area contributed by atoms with E-state index < -0.39 is 17.6 Å². The Morgan fingerprint density at radius 1 is 1.15 bits per heavy atom. The quantitative estimate of drug-likeness (QED) is 0.630. The van der Waals surface area contributed by atoms with E-state index in [1.165, 1.54) is 6.21 Å². The van der Waals surface area contributed by atoms with E-state index >= 15 is 0 Å². The number of halogens is 2. The standard InChI is InChI=1S/C15H15F2NO2/c1-2-9-3-14(19)13(15(20)4-9)8-18-12-6-10(16)5-11(17)7-12/h5-9,13H,2-4H2,1H3. The Labute approximate surface area is 115 Å². The summed E-state index contributed by atoms with van der Waals surface area (Å²) in [7, 11) is 0. The van der Waals surface area contributed by atoms with Gasteiger partial charge >= 0.3 is 0 Å². The molecule has 1 fully saturated rings. The van der Waals surface area contributed by atoms with Crippen molar-refractivity contribution in [1.29, 1.82) is 0 Å². The summed E-state index contributed by atoms with van der Waals surface area (Å²) >= 11 is 0. The van der Waals surface area contributed by atoms with E-state index in [2.05, 4.69) is 4.99 Å². The van der Waals surface area contributed by atoms with Crippen molar-refractivity contribution in [2.24, 2.45) is 16.8 Å². The molecular weight excluding hydrogens is 264 g/mol. The first-order valence-electron chi connectivity index (χ1n) is 6.55. The number of hydrogen-bond acceptors (Lipinski definition) is 3. The summed E-state index contributed by atoms with van der Waals surface area (Å²) in [5.74, 6) is -2.62. The van der Waals surface area contributed by atoms with Crippen LogP contribution in [0.4, 0.5) is 14.5 Å². The minimum atomic E-state index is -0.885. The van der Waals surface area contributed by atoms with E-state index in [0.717, 1.165) is 24.6 Å². The van der Waals surface area contributed by atoms with Crippen LogP contribution in [-0.4, -0.2) is 17.8 Å². The summed E-state index contributed by atoms with van der Waals surface area (Å²) in [5.41, 5.74) is 0.0562. The van der Waals surface area contributed by atoms with Crippen LogP contribution in [0.1, 0.15) is 26.2 Å². The Morgan fingerprint density at radius 2 is 1.70 bits per heavy atom. The lowest BCUT2D eigenvalue weighted by Gasteiger charge is -2.22. The van der Waals surface area contributed by atoms with Gasteiger partial charge in [-0.3, -0.25) is 14.6 Å². The molecule has 0 spiro atoms. The highest BCUT2D eigenvalue weighted by Gasteiger charge is 2.33. The molecule has 0 heterocycles. The van der Waals surface area contributed by atoms with Gasteiger partial charge in [0.15, 0.2) is 0 Å². The molecule has 1 aromatic rings. The van der Waals surface area contributed by atoms with E-state index in [9.17, 15) is 18.4 Å². The van der Waals surface area contributed by atoms with Crippen molar-refractivity contribution in [3.05, 3.63) is 29.8 Å². The summed E-state index contributed by atoms with van der Waals surface area (Å²) in [4.78, 5) is 27.6. The van der Waals surface area contributed by atoms with Crippen molar-refractivity contribution in [1.82, 2.24) is 0 Å². The highest BCUT2D eigenvalue weighted by atomic mass is 19.1. The smallest absolute Gasteiger partial charge is 0.149 e. The minimum Gasteiger partial charge on any atom is -0.298 e. The monoisotopic (exact) mass is 279 g/mol. The fourth-order valence-electron chi connectivity index (χ4n) is 2.30. The number of rotatable bonds is 3. The van der Waals surface area contributed by atoms with Crippen LogP contribution < -0.4 is 0 Å². The molecule has 0 saturated heterocycles. The van der Waals surface area contributed by atoms with Gasteiger partial charge in [0, 0.05) is 25.1 Å². The molecule has 20 heavy (non-hydrogen) atoms. The lowest BCUT2D eigenvalue weighted by atomic mass is 9.79. The number of ketones is 2. The molecule has 0 atom stereocenters. The van der Waals surface area contributed by atoms with Crippen molar-refractivity contribution < 1.29 is 18.4 Å². The van der Waals surface area contributed by atoms with Gasteiger partial charge < -0.3 is 0 Å². The molecule has 3 nitrogen and oxygen atoms in total. The Kier molecular flexibility index (Phi) is 4.37. The van der Waals surface area contributed by atoms with Crippen molar-refractivity contribution in [2.45, 2.75) is 26.2 Å². The van der Waals surface area contributed by atoms with Crippen molar-refractivity contribution in [2.75, 3.05) is 0 Å². The molecule has 0 bridgehead atoms. The predicted octanol–water partition coefficient (Wildman–Crippen LogP) is 3.24. The Hall–Kier alpha value is -1.91. The predicted molar refractivity (Wildman–Crippen MR) is 71.0 cm³/mol. The van der Waals surface area contributed by atoms with Crippen LogP contribution in [0.3, 0.4) is 0 Å². The van der Waals surface area contributed by atoms with Gasteiger partial charge in [-0.1, -0.05) is 13.3 Å². The second-order valence-corrected chi connectivity index (χ2v) is 5.00. The number of Topliss-reactive ketones (excluding diaryl/α,β-unsaturated/α-hetero) is 2. The molecular formula is C15H15F2NO2. The summed E-state index contributed by atoms with van der Waals surface area (Å²) in [6.45, 7) is 1.94. The fraction of sp³-hybridized carbons (Fsp3) is 0.400. The number of aliphatic imine (C=N–C) groups is 1. The molecule has 1 saturated carbocycles. The van der Waals surface area contributed by atoms with Crippen LogP contribution in [0.2, 0.25) is 0 Å². The van der Waals surface area contributed by atoms with E-state index in [0.29, 0.717) is 12.8 Å². The third kappa shape index (κ3) is 3.35. The van der Waals surface area contributed by atoms with Crippen molar-refractivity contribution in [3.63, 3.8) is 0 Å². The third-order valence-corrected chi connectivity index (χ3v) is 3.47. The molecule has 0 amide bonds. The molecule has 2 rings (SSSR count). The van der Waals surface area contributed by atoms with Crippen LogP contribution in [-0.2, 0) is 9.59 Å². The maximum Gasteiger partial charge on any atom is 0.149 e. The maximum absolute atomic E-state index is 13.0. The van der Waals surface area contributed by atoms with Crippen molar-refractivity contribution >= 4 is 23.5 Å². The third-order valence-electron chi connectivity index (χ3n) is 3.47. The van der Waals surface area contributed by atoms with Gasteiger partial charge in [0.2, 0.25) is 0 Å². The Bertz CT molecular complexity index is 531. The normalized spacial score (nSPS) is 23.6. The van der Waals surface area contributed by atoms with Crippen LogP contribution in [0, 0.1) is 23.5 Å². The first-order valence-corrected chi connectivity index (χ1v) is 6.55. The molecule has 5 heteroatoms. The molecule has 1 aromatic carbocycles. The molecule has 106 valence electrons. The molecule has 1 aliphatic rings. The summed E-state index contributed by atoms with van der Waals surface area (Å²) < 4.78 is 26.0. The van der Waals surface area contributed by atoms with Crippen LogP contribution >= 0.6 is 0 Å². The van der Waals surface area contributed by atoms with Gasteiger partial charge in [0.05, 0.1) is 5.69 Å². The fourth-order valence-corrected chi connectivity index (χ4v) is 2.30. The lowest BCUT2D eigenvalue weighted by molar-refractivity contribution is -0.134. The number of carbonyl (C=O) groups excluding carboxylic acids is 2. The molecule has 0 aliphatic heterocycles. The van der Waals surface area contributed by atoms with Gasteiger partial charge in [-0.05, 0) is 18.1 Å². The zero-order valence-corrected chi connectivity index (χ0v) is 11.1. The second kappa shape index (κ2) is 6.03. The van der Waals surface area contributed by atoms with Gasteiger partial charge in [0.1, 0.15) is 29.1 Å². The topological polar surface area (TPSA) is 46.5 Å². The summed E-state index contributed by atoms with van der Waals surface area (Å²) in [6.07, 6.45) is 2.70. The average Bonchev–Trinajstić information content (AvgIpc) is 2.36. The zero-order valence-electron chi connectivity index (χ0n) is 11.1. The largest absolute Gasteiger partial charge is 0.298 e. The van der Waals surface area contributed by atoms with E-state index in [1.54, 1.807) is 0 Å². The second-order valence-electron chi connectivity index (χ2n) is 5.00. The number of carbonyl (C=O) groups is 2. The molecule has 1 aliphatic carbocycles. The van der Waals surface area contributed by atoms with Gasteiger partial charge in [-0.25, -0.2) is 8.78 Å². The van der Waals surface area contributed by atoms with Crippen LogP contribution in [0.25, 0.3) is 0 Å². The number of nitrogens with zero attached hydrogens (tertiary/aromatic N) is 1. The minimum absolute atomic E-state index is 0.0562. The van der Waals surface area contributed by atoms with Gasteiger partial charge in [-0.2, -0.15) is 0 Å². The summed E-state index contributed by atoms with van der Waals surface area (Å²) in [6, 6.07) is 2.83. The molecule has 0 radical (unpaired) electrons. The van der Waals surface area contributed by atoms with Crippen LogP contribution in [0.5, 0.6) is 0 Å². The summed E-state index contributed by atoms with van der Waals surface area (Å²) in [5, 5.41) is 0. The van der Waals surface area contributed by atoms with Gasteiger partial charge in [-0.15, -0.1) is 0 Å². The Morgan fingerprint density at radius 3 is 2.20 bits per heavy atom.